The topological polar surface area (TPSA) is 32.3 Å². The first kappa shape index (κ1) is 16.9. The number of carbonyl (C=O) groups is 1. The molecule has 1 unspecified atom stereocenters. The number of thioether (sulfide) groups is 1. The summed E-state index contributed by atoms with van der Waals surface area (Å²) in [7, 11) is 0. The molecular weight excluding hydrogens is 311 g/mol. The van der Waals surface area contributed by atoms with Crippen molar-refractivity contribution in [2.75, 3.05) is 39.1 Å². The van der Waals surface area contributed by atoms with E-state index in [0.29, 0.717) is 11.6 Å². The number of nitrogens with zero attached hydrogens (tertiary/aromatic N) is 1. The number of halogens is 1. The quantitative estimate of drug-likeness (QED) is 0.677. The summed E-state index contributed by atoms with van der Waals surface area (Å²) in [6, 6.07) is 4.37. The molecule has 0 spiro atoms. The maximum absolute atomic E-state index is 12.9. The SMILES string of the molecule is CSc1ccc(C(=O)CF)c2c1CC(N1CCCNCC1)CC2. The van der Waals surface area contributed by atoms with Gasteiger partial charge in [-0.15, -0.1) is 11.8 Å². The molecule has 0 bridgehead atoms. The minimum atomic E-state index is -0.897. The van der Waals surface area contributed by atoms with Gasteiger partial charge in [-0.2, -0.15) is 0 Å². The second-order valence-electron chi connectivity index (χ2n) is 6.37. The zero-order valence-electron chi connectivity index (χ0n) is 13.7. The van der Waals surface area contributed by atoms with Gasteiger partial charge in [-0.1, -0.05) is 0 Å². The fourth-order valence-electron chi connectivity index (χ4n) is 3.90. The molecule has 5 heteroatoms. The van der Waals surface area contributed by atoms with Crippen molar-refractivity contribution >= 4 is 17.5 Å². The first-order valence-electron chi connectivity index (χ1n) is 8.47. The van der Waals surface area contributed by atoms with E-state index in [1.807, 2.05) is 12.1 Å². The van der Waals surface area contributed by atoms with Gasteiger partial charge in [0.15, 0.2) is 12.5 Å². The number of alkyl halides is 1. The molecule has 1 atom stereocenters. The summed E-state index contributed by atoms with van der Waals surface area (Å²) in [6.45, 7) is 3.50. The predicted octanol–water partition coefficient (Wildman–Crippen LogP) is 2.71. The Bertz CT molecular complexity index is 570. The van der Waals surface area contributed by atoms with Crippen LogP contribution in [0, 0.1) is 0 Å². The third-order valence-corrected chi connectivity index (χ3v) is 5.91. The van der Waals surface area contributed by atoms with Crippen LogP contribution in [0.5, 0.6) is 0 Å². The highest BCUT2D eigenvalue weighted by Gasteiger charge is 2.28. The van der Waals surface area contributed by atoms with E-state index in [1.165, 1.54) is 16.9 Å². The van der Waals surface area contributed by atoms with Crippen LogP contribution in [0.2, 0.25) is 0 Å². The van der Waals surface area contributed by atoms with E-state index < -0.39 is 6.67 Å². The van der Waals surface area contributed by atoms with Crippen LogP contribution in [0.15, 0.2) is 17.0 Å². The van der Waals surface area contributed by atoms with Crippen LogP contribution in [0.1, 0.15) is 34.3 Å². The lowest BCUT2D eigenvalue weighted by atomic mass is 9.83. The van der Waals surface area contributed by atoms with Crippen LogP contribution >= 0.6 is 11.8 Å². The van der Waals surface area contributed by atoms with E-state index >= 15 is 0 Å². The number of fused-ring (bicyclic) bond motifs is 1. The molecule has 3 rings (SSSR count). The highest BCUT2D eigenvalue weighted by atomic mass is 32.2. The van der Waals surface area contributed by atoms with Gasteiger partial charge in [0.05, 0.1) is 0 Å². The van der Waals surface area contributed by atoms with Gasteiger partial charge in [0.25, 0.3) is 0 Å². The molecule has 1 aromatic rings. The first-order valence-corrected chi connectivity index (χ1v) is 9.69. The molecule has 1 fully saturated rings. The van der Waals surface area contributed by atoms with Crippen molar-refractivity contribution in [3.8, 4) is 0 Å². The molecule has 0 aromatic heterocycles. The van der Waals surface area contributed by atoms with Crippen molar-refractivity contribution < 1.29 is 9.18 Å². The number of hydrogen-bond donors (Lipinski definition) is 1. The molecule has 126 valence electrons. The maximum atomic E-state index is 12.9. The normalized spacial score (nSPS) is 22.4. The van der Waals surface area contributed by atoms with Crippen LogP contribution in [0.25, 0.3) is 0 Å². The average Bonchev–Trinajstić information content (AvgIpc) is 2.89. The number of ketones is 1. The van der Waals surface area contributed by atoms with Gasteiger partial charge in [-0.05, 0) is 68.3 Å². The molecule has 1 heterocycles. The Kier molecular flexibility index (Phi) is 5.72. The Hall–Kier alpha value is -0.910. The maximum Gasteiger partial charge on any atom is 0.194 e. The summed E-state index contributed by atoms with van der Waals surface area (Å²) in [5, 5.41) is 3.46. The molecule has 3 nitrogen and oxygen atoms in total. The summed E-state index contributed by atoms with van der Waals surface area (Å²) < 4.78 is 12.9. The Morgan fingerprint density at radius 3 is 3.00 bits per heavy atom. The number of hydrogen-bond acceptors (Lipinski definition) is 4. The number of rotatable bonds is 4. The van der Waals surface area contributed by atoms with E-state index in [4.69, 9.17) is 0 Å². The van der Waals surface area contributed by atoms with Gasteiger partial charge in [-0.3, -0.25) is 9.69 Å². The molecule has 1 aromatic carbocycles. The first-order chi connectivity index (χ1) is 11.2. The second kappa shape index (κ2) is 7.77. The fourth-order valence-corrected chi connectivity index (χ4v) is 4.55. The van der Waals surface area contributed by atoms with Gasteiger partial charge >= 0.3 is 0 Å². The lowest BCUT2D eigenvalue weighted by molar-refractivity contribution is 0.0956. The molecule has 0 saturated carbocycles. The summed E-state index contributed by atoms with van der Waals surface area (Å²) >= 11 is 1.73. The van der Waals surface area contributed by atoms with Gasteiger partial charge in [0.1, 0.15) is 0 Å². The van der Waals surface area contributed by atoms with Gasteiger partial charge in [0, 0.05) is 29.6 Å². The summed E-state index contributed by atoms with van der Waals surface area (Å²) in [5.74, 6) is -0.369. The zero-order valence-corrected chi connectivity index (χ0v) is 14.6. The van der Waals surface area contributed by atoms with E-state index in [9.17, 15) is 9.18 Å². The molecule has 1 aliphatic heterocycles. The van der Waals surface area contributed by atoms with Crippen LogP contribution < -0.4 is 5.32 Å². The van der Waals surface area contributed by atoms with E-state index in [-0.39, 0.29) is 5.78 Å². The third-order valence-electron chi connectivity index (χ3n) is 5.09. The van der Waals surface area contributed by atoms with Crippen LogP contribution in [-0.4, -0.2) is 55.8 Å². The van der Waals surface area contributed by atoms with Crippen molar-refractivity contribution in [1.29, 1.82) is 0 Å². The fraction of sp³-hybridized carbons (Fsp3) is 0.611. The largest absolute Gasteiger partial charge is 0.315 e. The van der Waals surface area contributed by atoms with Gasteiger partial charge < -0.3 is 5.32 Å². The monoisotopic (exact) mass is 336 g/mol. The van der Waals surface area contributed by atoms with Crippen LogP contribution in [0.4, 0.5) is 4.39 Å². The molecule has 1 N–H and O–H groups in total. The third kappa shape index (κ3) is 3.62. The summed E-state index contributed by atoms with van der Waals surface area (Å²) in [5.41, 5.74) is 2.99. The van der Waals surface area contributed by atoms with Crippen LogP contribution in [0.3, 0.4) is 0 Å². The zero-order chi connectivity index (χ0) is 16.2. The Labute approximate surface area is 142 Å². The molecule has 0 radical (unpaired) electrons. The highest BCUT2D eigenvalue weighted by molar-refractivity contribution is 7.98. The minimum Gasteiger partial charge on any atom is -0.315 e. The Morgan fingerprint density at radius 1 is 1.35 bits per heavy atom. The van der Waals surface area contributed by atoms with Gasteiger partial charge in [-0.25, -0.2) is 4.39 Å². The Balaban J connectivity index is 1.87. The standard InChI is InChI=1S/C18H25FN2OS/c1-23-18-6-5-15(17(22)12-19)14-4-3-13(11-16(14)18)21-9-2-7-20-8-10-21/h5-6,13,20H,2-4,7-12H2,1H3. The lowest BCUT2D eigenvalue weighted by Gasteiger charge is -2.35. The number of carbonyl (C=O) groups excluding carboxylic acids is 1. The summed E-state index contributed by atoms with van der Waals surface area (Å²) in [6.07, 6.45) is 6.21. The van der Waals surface area contributed by atoms with Crippen molar-refractivity contribution in [2.45, 2.75) is 36.6 Å². The van der Waals surface area contributed by atoms with Crippen molar-refractivity contribution in [2.24, 2.45) is 0 Å². The van der Waals surface area contributed by atoms with Crippen molar-refractivity contribution in [3.05, 3.63) is 28.8 Å². The lowest BCUT2D eigenvalue weighted by Crippen LogP contribution is -2.41. The molecule has 2 aliphatic rings. The minimum absolute atomic E-state index is 0.369. The predicted molar refractivity (Wildman–Crippen MR) is 93.4 cm³/mol. The average molecular weight is 336 g/mol. The van der Waals surface area contributed by atoms with Crippen LogP contribution in [-0.2, 0) is 12.8 Å². The number of Topliss-reactive ketones (excluding diaryl/α,β-unsaturated/α-hetero) is 1. The van der Waals surface area contributed by atoms with Gasteiger partial charge in [0.2, 0.25) is 0 Å². The van der Waals surface area contributed by atoms with E-state index in [0.717, 1.165) is 51.0 Å². The second-order valence-corrected chi connectivity index (χ2v) is 7.21. The van der Waals surface area contributed by atoms with Crippen molar-refractivity contribution in [3.63, 3.8) is 0 Å². The smallest absolute Gasteiger partial charge is 0.194 e. The Morgan fingerprint density at radius 2 is 2.22 bits per heavy atom. The molecule has 1 aliphatic carbocycles. The van der Waals surface area contributed by atoms with Crippen molar-refractivity contribution in [1.82, 2.24) is 10.2 Å². The molecule has 1 saturated heterocycles. The highest BCUT2D eigenvalue weighted by Crippen LogP contribution is 2.34. The number of nitrogens with one attached hydrogen (secondary N) is 1. The molecular formula is C18H25FN2OS. The van der Waals surface area contributed by atoms with E-state index in [2.05, 4.69) is 16.5 Å². The summed E-state index contributed by atoms with van der Waals surface area (Å²) in [4.78, 5) is 15.8. The molecule has 23 heavy (non-hydrogen) atoms. The molecule has 0 amide bonds. The van der Waals surface area contributed by atoms with E-state index in [1.54, 1.807) is 11.8 Å². The number of benzene rings is 1.